The third kappa shape index (κ3) is 3.14. The summed E-state index contributed by atoms with van der Waals surface area (Å²) in [5, 5.41) is 0. The Morgan fingerprint density at radius 3 is 1.76 bits per heavy atom. The van der Waals surface area contributed by atoms with Crippen LogP contribution in [0.1, 0.15) is 51.4 Å². The van der Waals surface area contributed by atoms with Crippen molar-refractivity contribution in [3.8, 4) is 0 Å². The molecular formula is C14H21FO2. The van der Waals surface area contributed by atoms with E-state index in [4.69, 9.17) is 0 Å². The van der Waals surface area contributed by atoms with E-state index in [0.29, 0.717) is 11.8 Å². The van der Waals surface area contributed by atoms with E-state index in [1.54, 1.807) is 0 Å². The maximum atomic E-state index is 12.6. The number of hydrogen-bond donors (Lipinski definition) is 0. The van der Waals surface area contributed by atoms with E-state index in [9.17, 15) is 14.0 Å². The predicted octanol–water partition coefficient (Wildman–Crippen LogP) is 3.29. The Labute approximate surface area is 102 Å². The molecule has 2 aliphatic rings. The maximum absolute atomic E-state index is 12.6. The van der Waals surface area contributed by atoms with Crippen LogP contribution in [0.2, 0.25) is 0 Å². The molecular weight excluding hydrogens is 219 g/mol. The van der Waals surface area contributed by atoms with Crippen LogP contribution in [0.25, 0.3) is 0 Å². The van der Waals surface area contributed by atoms with Crippen LogP contribution in [0.5, 0.6) is 0 Å². The third-order valence-corrected chi connectivity index (χ3v) is 4.77. The van der Waals surface area contributed by atoms with Crippen molar-refractivity contribution >= 4 is 12.3 Å². The van der Waals surface area contributed by atoms with Gasteiger partial charge in [0.15, 0.2) is 0 Å². The molecule has 17 heavy (non-hydrogen) atoms. The number of aldehydes is 1. The third-order valence-electron chi connectivity index (χ3n) is 4.77. The zero-order valence-electron chi connectivity index (χ0n) is 10.2. The Hall–Kier alpha value is -0.730. The smallest absolute Gasteiger partial charge is 0.303 e. The van der Waals surface area contributed by atoms with Gasteiger partial charge >= 0.3 is 6.04 Å². The summed E-state index contributed by atoms with van der Waals surface area (Å²) in [6.45, 7) is 0. The molecule has 0 atom stereocenters. The lowest BCUT2D eigenvalue weighted by Crippen LogP contribution is -2.27. The van der Waals surface area contributed by atoms with Crippen molar-refractivity contribution in [3.05, 3.63) is 0 Å². The number of halogens is 1. The topological polar surface area (TPSA) is 34.1 Å². The lowest BCUT2D eigenvalue weighted by atomic mass is 9.69. The molecule has 3 heteroatoms. The van der Waals surface area contributed by atoms with Crippen LogP contribution in [0.3, 0.4) is 0 Å². The molecule has 2 nitrogen and oxygen atoms in total. The summed E-state index contributed by atoms with van der Waals surface area (Å²) in [7, 11) is 0. The van der Waals surface area contributed by atoms with Crippen LogP contribution >= 0.6 is 0 Å². The molecule has 2 aliphatic carbocycles. The molecule has 0 unspecified atom stereocenters. The van der Waals surface area contributed by atoms with Crippen molar-refractivity contribution in [2.45, 2.75) is 51.4 Å². The largest absolute Gasteiger partial charge is 0.304 e. The van der Waals surface area contributed by atoms with Crippen molar-refractivity contribution < 1.29 is 14.0 Å². The molecule has 96 valence electrons. The molecule has 0 aliphatic heterocycles. The Kier molecular flexibility index (Phi) is 4.30. The molecule has 2 saturated carbocycles. The van der Waals surface area contributed by atoms with Gasteiger partial charge in [-0.3, -0.25) is 4.79 Å². The predicted molar refractivity (Wildman–Crippen MR) is 63.1 cm³/mol. The van der Waals surface area contributed by atoms with Gasteiger partial charge in [0, 0.05) is 11.8 Å². The minimum atomic E-state index is -1.12. The van der Waals surface area contributed by atoms with Gasteiger partial charge in [0.2, 0.25) is 0 Å². The molecule has 2 rings (SSSR count). The van der Waals surface area contributed by atoms with E-state index in [-0.39, 0.29) is 11.8 Å². The van der Waals surface area contributed by atoms with E-state index in [0.717, 1.165) is 57.7 Å². The number of hydrogen-bond acceptors (Lipinski definition) is 2. The average molecular weight is 240 g/mol. The zero-order chi connectivity index (χ0) is 12.3. The van der Waals surface area contributed by atoms with Gasteiger partial charge in [-0.15, -0.1) is 0 Å². The second kappa shape index (κ2) is 5.74. The van der Waals surface area contributed by atoms with Gasteiger partial charge in [-0.25, -0.2) is 0 Å². The first-order valence-corrected chi connectivity index (χ1v) is 6.85. The molecule has 0 aromatic carbocycles. The fraction of sp³-hybridized carbons (Fsp3) is 0.857. The van der Waals surface area contributed by atoms with Crippen molar-refractivity contribution in [2.24, 2.45) is 23.7 Å². The van der Waals surface area contributed by atoms with E-state index in [1.165, 1.54) is 0 Å². The summed E-state index contributed by atoms with van der Waals surface area (Å²) in [4.78, 5) is 21.3. The molecule has 0 heterocycles. The number of carbonyl (C=O) groups is 2. The second-order valence-electron chi connectivity index (χ2n) is 5.73. The lowest BCUT2D eigenvalue weighted by Gasteiger charge is -2.35. The summed E-state index contributed by atoms with van der Waals surface area (Å²) in [5.74, 6) is 1.33. The molecule has 0 N–H and O–H groups in total. The van der Waals surface area contributed by atoms with Crippen molar-refractivity contribution in [1.29, 1.82) is 0 Å². The molecule has 0 bridgehead atoms. The van der Waals surface area contributed by atoms with Crippen LogP contribution in [0.15, 0.2) is 0 Å². The molecule has 0 amide bonds. The van der Waals surface area contributed by atoms with Gasteiger partial charge in [0.25, 0.3) is 0 Å². The van der Waals surface area contributed by atoms with Gasteiger partial charge < -0.3 is 4.79 Å². The van der Waals surface area contributed by atoms with Crippen LogP contribution in [0.4, 0.5) is 4.39 Å². The van der Waals surface area contributed by atoms with Gasteiger partial charge in [0.05, 0.1) is 0 Å². The Morgan fingerprint density at radius 1 is 0.882 bits per heavy atom. The summed E-state index contributed by atoms with van der Waals surface area (Å²) in [5.41, 5.74) is 0. The summed E-state index contributed by atoms with van der Waals surface area (Å²) >= 11 is 0. The summed E-state index contributed by atoms with van der Waals surface area (Å²) < 4.78 is 12.6. The average Bonchev–Trinajstić information content (AvgIpc) is 2.39. The van der Waals surface area contributed by atoms with Crippen LogP contribution in [-0.2, 0) is 9.59 Å². The monoisotopic (exact) mass is 240 g/mol. The highest BCUT2D eigenvalue weighted by molar-refractivity contribution is 5.71. The molecule has 0 aromatic heterocycles. The highest BCUT2D eigenvalue weighted by Gasteiger charge is 2.32. The normalized spacial score (nSPS) is 38.6. The number of carbonyl (C=O) groups excluding carboxylic acids is 2. The van der Waals surface area contributed by atoms with Crippen LogP contribution < -0.4 is 0 Å². The van der Waals surface area contributed by atoms with Gasteiger partial charge in [-0.1, -0.05) is 0 Å². The van der Waals surface area contributed by atoms with Gasteiger partial charge in [0.1, 0.15) is 6.29 Å². The molecule has 2 fully saturated rings. The molecule has 0 aromatic rings. The first-order chi connectivity index (χ1) is 8.20. The first-order valence-electron chi connectivity index (χ1n) is 6.85. The quantitative estimate of drug-likeness (QED) is 0.560. The maximum Gasteiger partial charge on any atom is 0.304 e. The Bertz CT molecular complexity index is 274. The van der Waals surface area contributed by atoms with Crippen LogP contribution in [0, 0.1) is 23.7 Å². The SMILES string of the molecule is O=CC1CCC(C2CCC(C(=O)F)CC2)CC1. The second-order valence-corrected chi connectivity index (χ2v) is 5.73. The molecule has 0 saturated heterocycles. The summed E-state index contributed by atoms with van der Waals surface area (Å²) in [6, 6.07) is -1.12. The standard InChI is InChI=1S/C14H21FO2/c15-14(17)13-7-5-12(6-8-13)11-3-1-10(9-16)2-4-11/h9-13H,1-8H2. The molecule has 0 spiro atoms. The van der Waals surface area contributed by atoms with E-state index >= 15 is 0 Å². The van der Waals surface area contributed by atoms with Gasteiger partial charge in [-0.2, -0.15) is 4.39 Å². The van der Waals surface area contributed by atoms with Crippen molar-refractivity contribution in [1.82, 2.24) is 0 Å². The van der Waals surface area contributed by atoms with E-state index in [2.05, 4.69) is 0 Å². The highest BCUT2D eigenvalue weighted by Crippen LogP contribution is 2.41. The Balaban J connectivity index is 1.78. The fourth-order valence-corrected chi connectivity index (χ4v) is 3.57. The highest BCUT2D eigenvalue weighted by atomic mass is 19.1. The number of rotatable bonds is 3. The minimum absolute atomic E-state index is 0.273. The first kappa shape index (κ1) is 12.7. The van der Waals surface area contributed by atoms with Crippen molar-refractivity contribution in [2.75, 3.05) is 0 Å². The van der Waals surface area contributed by atoms with Crippen molar-refractivity contribution in [3.63, 3.8) is 0 Å². The lowest BCUT2D eigenvalue weighted by molar-refractivity contribution is -0.135. The summed E-state index contributed by atoms with van der Waals surface area (Å²) in [6.07, 6.45) is 8.88. The molecule has 0 radical (unpaired) electrons. The Morgan fingerprint density at radius 2 is 1.35 bits per heavy atom. The van der Waals surface area contributed by atoms with E-state index in [1.807, 2.05) is 0 Å². The zero-order valence-corrected chi connectivity index (χ0v) is 10.2. The van der Waals surface area contributed by atoms with E-state index < -0.39 is 6.04 Å². The van der Waals surface area contributed by atoms with Crippen LogP contribution in [-0.4, -0.2) is 12.3 Å². The minimum Gasteiger partial charge on any atom is -0.303 e. The van der Waals surface area contributed by atoms with Gasteiger partial charge in [-0.05, 0) is 63.2 Å². The fourth-order valence-electron chi connectivity index (χ4n) is 3.57.